The third-order valence-corrected chi connectivity index (χ3v) is 1.19. The molecule has 0 aliphatic carbocycles. The molecule has 0 N–H and O–H groups in total. The Labute approximate surface area is 69.9 Å². The molecule has 2 aromatic carbocycles. The van der Waals surface area contributed by atoms with Gasteiger partial charge >= 0.3 is 0 Å². The van der Waals surface area contributed by atoms with Gasteiger partial charge in [-0.25, -0.2) is 0 Å². The zero-order valence-electron chi connectivity index (χ0n) is 12.1. The Morgan fingerprint density at radius 3 is 2.20 bits per heavy atom. The van der Waals surface area contributed by atoms with Crippen molar-refractivity contribution in [3.05, 3.63) is 48.4 Å². The van der Waals surface area contributed by atoms with Crippen molar-refractivity contribution in [1.82, 2.24) is 0 Å². The Kier molecular flexibility index (Phi) is 0.396. The Morgan fingerprint density at radius 1 is 0.800 bits per heavy atom. The minimum atomic E-state index is -0.423. The molecule has 0 atom stereocenters. The molecule has 0 aliphatic heterocycles. The summed E-state index contributed by atoms with van der Waals surface area (Å²) in [5.74, 6) is 0. The summed E-state index contributed by atoms with van der Waals surface area (Å²) in [6.45, 7) is 0. The molecule has 0 bridgehead atoms. The van der Waals surface area contributed by atoms with Crippen LogP contribution in [0.4, 0.5) is 0 Å². The van der Waals surface area contributed by atoms with E-state index >= 15 is 0 Å². The molecule has 0 radical (unpaired) electrons. The summed E-state index contributed by atoms with van der Waals surface area (Å²) < 4.78 is 53.0. The maximum absolute atomic E-state index is 7.68. The van der Waals surface area contributed by atoms with Crippen LogP contribution in [0.5, 0.6) is 0 Å². The van der Waals surface area contributed by atoms with Crippen LogP contribution in [0.25, 0.3) is 10.8 Å². The third-order valence-electron chi connectivity index (χ3n) is 1.19. The molecular weight excluding hydrogens is 120 g/mol. The van der Waals surface area contributed by atoms with Crippen molar-refractivity contribution in [1.29, 1.82) is 0 Å². The van der Waals surface area contributed by atoms with Gasteiger partial charge in [0.1, 0.15) is 0 Å². The Hall–Kier alpha value is -1.30. The molecule has 0 nitrogen and oxygen atoms in total. The number of fused-ring (bicyclic) bond motifs is 1. The summed E-state index contributed by atoms with van der Waals surface area (Å²) in [6, 6.07) is -1.10. The molecule has 0 aromatic heterocycles. The molecule has 2 aromatic rings. The average Bonchev–Trinajstić information content (AvgIpc) is 2.30. The summed E-state index contributed by atoms with van der Waals surface area (Å²) >= 11 is 0. The quantitative estimate of drug-likeness (QED) is 0.521. The van der Waals surface area contributed by atoms with Crippen molar-refractivity contribution in [3.8, 4) is 0 Å². The molecule has 2 rings (SSSR count). The maximum atomic E-state index is 7.68. The first kappa shape index (κ1) is 1.85. The van der Waals surface area contributed by atoms with E-state index in [0.29, 0.717) is 0 Å². The molecule has 0 aliphatic rings. The van der Waals surface area contributed by atoms with Gasteiger partial charge < -0.3 is 0 Å². The van der Waals surface area contributed by atoms with E-state index in [4.69, 9.17) is 9.60 Å². The van der Waals surface area contributed by atoms with E-state index in [2.05, 4.69) is 0 Å². The van der Waals surface area contributed by atoms with Crippen LogP contribution in [-0.4, -0.2) is 0 Å². The first-order chi connectivity index (χ1) is 7.86. The van der Waals surface area contributed by atoms with Crippen molar-refractivity contribution < 1.29 is 9.60 Å². The fourth-order valence-corrected chi connectivity index (χ4v) is 0.736. The van der Waals surface area contributed by atoms with Gasteiger partial charge in [0.2, 0.25) is 0 Å². The summed E-state index contributed by atoms with van der Waals surface area (Å²) in [4.78, 5) is 0. The van der Waals surface area contributed by atoms with Gasteiger partial charge in [0.05, 0.1) is 9.60 Å². The van der Waals surface area contributed by atoms with Gasteiger partial charge in [0, 0.05) is 0 Å². The Morgan fingerprint density at radius 2 is 1.40 bits per heavy atom. The van der Waals surface area contributed by atoms with Crippen LogP contribution < -0.4 is 0 Å². The number of hydrogen-bond donors (Lipinski definition) is 0. The monoisotopic (exact) mass is 135 g/mol. The minimum Gasteiger partial charge on any atom is -0.0616 e. The van der Waals surface area contributed by atoms with Crippen molar-refractivity contribution >= 4 is 10.8 Å². The van der Waals surface area contributed by atoms with E-state index < -0.39 is 6.04 Å². The predicted octanol–water partition coefficient (Wildman–Crippen LogP) is 2.84. The SMILES string of the molecule is [2H]c1cc2c([2H])c([2H])c([2H])c([2H])c2c([2H])c1[2H]. The largest absolute Gasteiger partial charge is 0.0629 e. The van der Waals surface area contributed by atoms with E-state index in [0.717, 1.165) is 0 Å². The van der Waals surface area contributed by atoms with Crippen LogP contribution in [0.1, 0.15) is 9.60 Å². The topological polar surface area (TPSA) is 0 Å². The molecule has 0 unspecified atom stereocenters. The average molecular weight is 135 g/mol. The first-order valence-corrected chi connectivity index (χ1v) is 2.83. The lowest BCUT2D eigenvalue weighted by Gasteiger charge is -1.92. The molecule has 0 amide bonds. The first-order valence-electron chi connectivity index (χ1n) is 6.33. The van der Waals surface area contributed by atoms with E-state index in [1.54, 1.807) is 0 Å². The Bertz CT molecular complexity index is 625. The second-order valence-electron chi connectivity index (χ2n) is 1.83. The highest BCUT2D eigenvalue weighted by Crippen LogP contribution is 2.11. The van der Waals surface area contributed by atoms with Gasteiger partial charge in [-0.2, -0.15) is 0 Å². The molecule has 10 heavy (non-hydrogen) atoms. The van der Waals surface area contributed by atoms with Gasteiger partial charge in [-0.15, -0.1) is 0 Å². The standard InChI is InChI=1S/C10H8/c1-2-6-10-8-4-3-7-9(10)5-1/h1-8H/i1D,2D,3D,4D,5D,6D,7D. The second-order valence-corrected chi connectivity index (χ2v) is 1.83. The zero-order chi connectivity index (χ0) is 12.9. The van der Waals surface area contributed by atoms with E-state index in [9.17, 15) is 0 Å². The van der Waals surface area contributed by atoms with Crippen molar-refractivity contribution in [2.45, 2.75) is 0 Å². The van der Waals surface area contributed by atoms with Gasteiger partial charge in [-0.05, 0) is 10.8 Å². The van der Waals surface area contributed by atoms with Crippen molar-refractivity contribution in [2.24, 2.45) is 0 Å². The van der Waals surface area contributed by atoms with Crippen LogP contribution in [0.15, 0.2) is 48.4 Å². The lowest BCUT2D eigenvalue weighted by Crippen LogP contribution is -1.67. The fraction of sp³-hybridized carbons (Fsp3) is 0. The normalized spacial score (nSPS) is 19.8. The molecule has 0 heterocycles. The van der Waals surface area contributed by atoms with Gasteiger partial charge in [0.25, 0.3) is 0 Å². The molecule has 0 saturated carbocycles. The molecule has 0 fully saturated rings. The number of hydrogen-bond acceptors (Lipinski definition) is 0. The van der Waals surface area contributed by atoms with Gasteiger partial charge in [-0.3, -0.25) is 0 Å². The van der Waals surface area contributed by atoms with E-state index in [1.165, 1.54) is 6.07 Å². The fourth-order valence-electron chi connectivity index (χ4n) is 0.736. The smallest absolute Gasteiger partial charge is 0.0616 e. The second kappa shape index (κ2) is 2.14. The van der Waals surface area contributed by atoms with Crippen molar-refractivity contribution in [3.63, 3.8) is 0 Å². The van der Waals surface area contributed by atoms with Gasteiger partial charge in [-0.1, -0.05) is 48.4 Å². The summed E-state index contributed by atoms with van der Waals surface area (Å²) in [5, 5.41) is 0.110. The van der Waals surface area contributed by atoms with E-state index in [-0.39, 0.29) is 47.0 Å². The van der Waals surface area contributed by atoms with E-state index in [1.807, 2.05) is 0 Å². The molecular formula is C10H8. The van der Waals surface area contributed by atoms with Gasteiger partial charge in [0.15, 0.2) is 0 Å². The highest BCUT2D eigenvalue weighted by Gasteiger charge is 1.85. The zero-order valence-corrected chi connectivity index (χ0v) is 5.08. The molecule has 0 heteroatoms. The lowest BCUT2D eigenvalue weighted by atomic mass is 10.1. The van der Waals surface area contributed by atoms with Crippen LogP contribution in [0.3, 0.4) is 0 Å². The Balaban J connectivity index is 3.12. The van der Waals surface area contributed by atoms with Crippen LogP contribution in [0, 0.1) is 0 Å². The summed E-state index contributed by atoms with van der Waals surface area (Å²) in [7, 11) is 0. The number of rotatable bonds is 0. The maximum Gasteiger partial charge on any atom is 0.0629 e. The highest BCUT2D eigenvalue weighted by molar-refractivity contribution is 5.81. The van der Waals surface area contributed by atoms with Crippen LogP contribution in [0.2, 0.25) is 0 Å². The molecule has 0 spiro atoms. The predicted molar refractivity (Wildman–Crippen MR) is 43.9 cm³/mol. The molecule has 48 valence electrons. The summed E-state index contributed by atoms with van der Waals surface area (Å²) in [5.41, 5.74) is 0. The number of benzene rings is 2. The highest BCUT2D eigenvalue weighted by atomic mass is 13.9. The van der Waals surface area contributed by atoms with Crippen LogP contribution >= 0.6 is 0 Å². The van der Waals surface area contributed by atoms with Crippen molar-refractivity contribution in [2.75, 3.05) is 0 Å². The summed E-state index contributed by atoms with van der Waals surface area (Å²) in [6.07, 6.45) is 0. The molecule has 0 saturated heterocycles. The third kappa shape index (κ3) is 0.781. The van der Waals surface area contributed by atoms with Crippen LogP contribution in [-0.2, 0) is 0 Å². The minimum absolute atomic E-state index is 0.00278. The lowest BCUT2D eigenvalue weighted by molar-refractivity contribution is 1.75.